The molecular weight excluding hydrogens is 426 g/mol. The van der Waals surface area contributed by atoms with Crippen LogP contribution >= 0.6 is 0 Å². The summed E-state index contributed by atoms with van der Waals surface area (Å²) in [5.41, 5.74) is 10.6. The molecule has 0 radical (unpaired) electrons. The van der Waals surface area contributed by atoms with Crippen molar-refractivity contribution >= 4 is 34.3 Å². The maximum atomic E-state index is 12.1. The van der Waals surface area contributed by atoms with E-state index in [1.165, 1.54) is 6.07 Å². The van der Waals surface area contributed by atoms with Crippen LogP contribution in [0.5, 0.6) is 11.5 Å². The minimum Gasteiger partial charge on any atom is -0.493 e. The summed E-state index contributed by atoms with van der Waals surface area (Å²) in [7, 11) is 6.81. The van der Waals surface area contributed by atoms with Gasteiger partial charge in [0.25, 0.3) is 11.5 Å². The lowest BCUT2D eigenvalue weighted by molar-refractivity contribution is 0.0999. The number of benzene rings is 1. The summed E-state index contributed by atoms with van der Waals surface area (Å²) >= 11 is 0. The Balaban J connectivity index is 1.82. The van der Waals surface area contributed by atoms with Crippen LogP contribution < -0.4 is 31.1 Å². The highest BCUT2D eigenvalue weighted by Gasteiger charge is 2.21. The second-order valence-electron chi connectivity index (χ2n) is 7.78. The molecule has 0 fully saturated rings. The number of methoxy groups -OCH3 is 2. The molecule has 1 aliphatic carbocycles. The molecule has 1 aromatic carbocycles. The molecule has 1 aliphatic rings. The van der Waals surface area contributed by atoms with Crippen LogP contribution in [0, 0.1) is 0 Å². The number of fused-ring (bicyclic) bond motifs is 2. The van der Waals surface area contributed by atoms with Gasteiger partial charge in [-0.3, -0.25) is 15.0 Å². The lowest BCUT2D eigenvalue weighted by Crippen LogP contribution is -2.28. The smallest absolute Gasteiger partial charge is 0.261 e. The summed E-state index contributed by atoms with van der Waals surface area (Å²) in [5, 5.41) is 5.28. The van der Waals surface area contributed by atoms with Crippen molar-refractivity contribution in [1.29, 1.82) is 0 Å². The van der Waals surface area contributed by atoms with Gasteiger partial charge in [0.15, 0.2) is 17.3 Å². The number of hydrazone groups is 1. The van der Waals surface area contributed by atoms with Crippen molar-refractivity contribution in [2.45, 2.75) is 19.3 Å². The Hall–Kier alpha value is -4.15. The van der Waals surface area contributed by atoms with Crippen LogP contribution in [0.25, 0.3) is 10.9 Å². The van der Waals surface area contributed by atoms with Gasteiger partial charge in [0.1, 0.15) is 5.56 Å². The van der Waals surface area contributed by atoms with Crippen molar-refractivity contribution in [3.63, 3.8) is 0 Å². The standard InChI is InChI=1S/C22H25N7O4/c1-29(2)22-25-16-10-18(33-4)17(32-3)9-12(16)20(26-22)28-27-15-7-5-6-14-11(15)8-13(19(23)30)21(31)24-14/h8-10H,5-7H2,1-4H3,(H2,23,30)(H,24,31)(H,25,26,28)/b27-15-. The average molecular weight is 451 g/mol. The van der Waals surface area contributed by atoms with Crippen molar-refractivity contribution < 1.29 is 14.3 Å². The van der Waals surface area contributed by atoms with Crippen molar-refractivity contribution in [1.82, 2.24) is 15.0 Å². The number of nitrogens with one attached hydrogen (secondary N) is 2. The van der Waals surface area contributed by atoms with Gasteiger partial charge in [-0.15, -0.1) is 0 Å². The Bertz CT molecular complexity index is 1330. The molecule has 172 valence electrons. The number of aromatic amines is 1. The Morgan fingerprint density at radius 1 is 1.15 bits per heavy atom. The second kappa shape index (κ2) is 8.77. The number of carbonyl (C=O) groups excluding carboxylic acids is 1. The summed E-state index contributed by atoms with van der Waals surface area (Å²) < 4.78 is 10.8. The van der Waals surface area contributed by atoms with Gasteiger partial charge in [-0.1, -0.05) is 0 Å². The Morgan fingerprint density at radius 3 is 2.55 bits per heavy atom. The Labute approximate surface area is 189 Å². The van der Waals surface area contributed by atoms with Gasteiger partial charge in [0.2, 0.25) is 5.95 Å². The predicted octanol–water partition coefficient (Wildman–Crippen LogP) is 1.65. The number of primary amides is 1. The van der Waals surface area contributed by atoms with Gasteiger partial charge in [0.05, 0.1) is 25.4 Å². The Morgan fingerprint density at radius 2 is 1.88 bits per heavy atom. The quantitative estimate of drug-likeness (QED) is 0.479. The number of ether oxygens (including phenoxy) is 2. The SMILES string of the molecule is COc1cc2nc(N(C)C)nc(N/N=C3/CCCc4[nH]c(=O)c(C(N)=O)cc43)c2cc1OC. The number of carbonyl (C=O) groups is 1. The number of pyridine rings is 1. The van der Waals surface area contributed by atoms with Gasteiger partial charge in [0, 0.05) is 36.8 Å². The van der Waals surface area contributed by atoms with Crippen LogP contribution in [0.15, 0.2) is 28.1 Å². The van der Waals surface area contributed by atoms with Crippen molar-refractivity contribution in [2.24, 2.45) is 10.8 Å². The summed E-state index contributed by atoms with van der Waals surface area (Å²) in [6, 6.07) is 5.07. The minimum atomic E-state index is -0.782. The van der Waals surface area contributed by atoms with E-state index in [2.05, 4.69) is 25.5 Å². The monoisotopic (exact) mass is 451 g/mol. The number of rotatable bonds is 6. The number of nitrogens with two attached hydrogens (primary N) is 1. The zero-order valence-electron chi connectivity index (χ0n) is 18.9. The van der Waals surface area contributed by atoms with Crippen LogP contribution in [0.3, 0.4) is 0 Å². The number of anilines is 2. The molecule has 0 spiro atoms. The first-order valence-corrected chi connectivity index (χ1v) is 10.3. The normalized spacial score (nSPS) is 14.1. The van der Waals surface area contributed by atoms with Gasteiger partial charge >= 0.3 is 0 Å². The van der Waals surface area contributed by atoms with Crippen molar-refractivity contribution in [2.75, 3.05) is 38.6 Å². The zero-order chi connectivity index (χ0) is 23.7. The molecule has 11 nitrogen and oxygen atoms in total. The third kappa shape index (κ3) is 4.16. The van der Waals surface area contributed by atoms with E-state index in [0.29, 0.717) is 58.3 Å². The lowest BCUT2D eigenvalue weighted by Gasteiger charge is -2.19. The lowest BCUT2D eigenvalue weighted by atomic mass is 9.93. The van der Waals surface area contributed by atoms with Gasteiger partial charge in [-0.2, -0.15) is 10.1 Å². The fraction of sp³-hybridized carbons (Fsp3) is 0.318. The highest BCUT2D eigenvalue weighted by Crippen LogP contribution is 2.35. The second-order valence-corrected chi connectivity index (χ2v) is 7.78. The molecule has 2 heterocycles. The summed E-state index contributed by atoms with van der Waals surface area (Å²) in [6.07, 6.45) is 2.14. The van der Waals surface area contributed by atoms with Crippen LogP contribution in [-0.4, -0.2) is 54.9 Å². The number of H-pyrrole nitrogens is 1. The maximum Gasteiger partial charge on any atom is 0.261 e. The summed E-state index contributed by atoms with van der Waals surface area (Å²) in [5.74, 6) is 1.27. The fourth-order valence-corrected chi connectivity index (χ4v) is 3.74. The Kier molecular flexibility index (Phi) is 5.86. The fourth-order valence-electron chi connectivity index (χ4n) is 3.74. The number of hydrogen-bond acceptors (Lipinski definition) is 9. The highest BCUT2D eigenvalue weighted by atomic mass is 16.5. The van der Waals surface area contributed by atoms with E-state index < -0.39 is 11.5 Å². The molecule has 4 N–H and O–H groups in total. The first kappa shape index (κ1) is 22.1. The molecule has 0 saturated heterocycles. The predicted molar refractivity (Wildman–Crippen MR) is 126 cm³/mol. The summed E-state index contributed by atoms with van der Waals surface area (Å²) in [4.78, 5) is 37.5. The molecular formula is C22H25N7O4. The molecule has 0 unspecified atom stereocenters. The van der Waals surface area contributed by atoms with E-state index in [1.807, 2.05) is 14.1 Å². The maximum absolute atomic E-state index is 12.1. The summed E-state index contributed by atoms with van der Waals surface area (Å²) in [6.45, 7) is 0. The largest absolute Gasteiger partial charge is 0.493 e. The number of aryl methyl sites for hydroxylation is 1. The number of nitrogens with zero attached hydrogens (tertiary/aromatic N) is 4. The van der Waals surface area contributed by atoms with E-state index >= 15 is 0 Å². The average Bonchev–Trinajstić information content (AvgIpc) is 2.80. The van der Waals surface area contributed by atoms with E-state index in [4.69, 9.17) is 15.2 Å². The van der Waals surface area contributed by atoms with Gasteiger partial charge in [-0.25, -0.2) is 4.98 Å². The number of amides is 1. The molecule has 1 amide bonds. The van der Waals surface area contributed by atoms with E-state index in [0.717, 1.165) is 12.1 Å². The molecule has 4 rings (SSSR count). The topological polar surface area (TPSA) is 148 Å². The third-order valence-electron chi connectivity index (χ3n) is 5.43. The van der Waals surface area contributed by atoms with E-state index in [9.17, 15) is 9.59 Å². The molecule has 11 heteroatoms. The number of aromatic nitrogens is 3. The third-order valence-corrected chi connectivity index (χ3v) is 5.43. The molecule has 33 heavy (non-hydrogen) atoms. The molecule has 0 atom stereocenters. The minimum absolute atomic E-state index is 0.0949. The molecule has 3 aromatic rings. The van der Waals surface area contributed by atoms with E-state index in [-0.39, 0.29) is 5.56 Å². The molecule has 0 saturated carbocycles. The molecule has 2 aromatic heterocycles. The van der Waals surface area contributed by atoms with Gasteiger partial charge < -0.3 is 25.1 Å². The van der Waals surface area contributed by atoms with Gasteiger partial charge in [-0.05, 0) is 31.4 Å². The van der Waals surface area contributed by atoms with E-state index in [1.54, 1.807) is 31.3 Å². The van der Waals surface area contributed by atoms with Crippen molar-refractivity contribution in [3.8, 4) is 11.5 Å². The molecule has 0 aliphatic heterocycles. The first-order chi connectivity index (χ1) is 15.8. The number of hydrogen-bond donors (Lipinski definition) is 3. The zero-order valence-corrected chi connectivity index (χ0v) is 18.9. The first-order valence-electron chi connectivity index (χ1n) is 10.3. The highest BCUT2D eigenvalue weighted by molar-refractivity contribution is 6.05. The van der Waals surface area contributed by atoms with Crippen LogP contribution in [0.1, 0.15) is 34.5 Å². The molecule has 0 bridgehead atoms. The van der Waals surface area contributed by atoms with Crippen molar-refractivity contribution in [3.05, 3.63) is 45.4 Å². The van der Waals surface area contributed by atoms with Crippen LogP contribution in [0.2, 0.25) is 0 Å². The van der Waals surface area contributed by atoms with Crippen LogP contribution in [-0.2, 0) is 6.42 Å². The van der Waals surface area contributed by atoms with Crippen LogP contribution in [0.4, 0.5) is 11.8 Å².